The summed E-state index contributed by atoms with van der Waals surface area (Å²) in [5, 5.41) is 34.2. The fourth-order valence-corrected chi connectivity index (χ4v) is 9.01. The Bertz CT molecular complexity index is 1790. The van der Waals surface area contributed by atoms with Crippen LogP contribution < -0.4 is 9.47 Å². The van der Waals surface area contributed by atoms with E-state index in [0.717, 1.165) is 67.9 Å². The van der Waals surface area contributed by atoms with Gasteiger partial charge in [-0.2, -0.15) is 5.26 Å². The summed E-state index contributed by atoms with van der Waals surface area (Å²) in [5.41, 5.74) is 3.17. The Kier molecular flexibility index (Phi) is 14.2. The molecule has 308 valence electrons. The number of hydrogen-bond acceptors (Lipinski definition) is 10. The number of carbonyl (C=O) groups excluding carboxylic acids is 1. The zero-order chi connectivity index (χ0) is 40.6. The number of nitrogens with zero attached hydrogens (tertiary/aromatic N) is 4. The van der Waals surface area contributed by atoms with E-state index < -0.39 is 23.3 Å². The number of hydrogen-bond donors (Lipinski definition) is 2. The molecule has 6 atom stereocenters. The number of nitriles is 1. The van der Waals surface area contributed by atoms with Gasteiger partial charge < -0.3 is 34.2 Å². The Morgan fingerprint density at radius 2 is 1.84 bits per heavy atom. The molecule has 4 aliphatic rings. The van der Waals surface area contributed by atoms with Crippen LogP contribution in [0.15, 0.2) is 71.9 Å². The Morgan fingerprint density at radius 1 is 1.11 bits per heavy atom. The normalized spacial score (nSPS) is 25.7. The monoisotopic (exact) mass is 782 g/mol. The van der Waals surface area contributed by atoms with E-state index in [9.17, 15) is 20.3 Å². The van der Waals surface area contributed by atoms with Crippen LogP contribution >= 0.6 is 0 Å². The summed E-state index contributed by atoms with van der Waals surface area (Å²) in [6.45, 7) is 16.5. The number of amides is 1. The maximum absolute atomic E-state index is 14.8. The summed E-state index contributed by atoms with van der Waals surface area (Å²) in [5.74, 6) is -0.351. The molecule has 0 radical (unpaired) electrons. The third-order valence-corrected chi connectivity index (χ3v) is 11.7. The Balaban J connectivity index is 1.58. The van der Waals surface area contributed by atoms with Crippen molar-refractivity contribution in [3.05, 3.63) is 83.5 Å². The third-order valence-electron chi connectivity index (χ3n) is 11.7. The molecule has 0 spiro atoms. The predicted octanol–water partition coefficient (Wildman–Crippen LogP) is 7.24. The van der Waals surface area contributed by atoms with E-state index in [0.29, 0.717) is 55.7 Å². The average Bonchev–Trinajstić information content (AvgIpc) is 4.04. The Labute approximate surface area is 338 Å². The van der Waals surface area contributed by atoms with E-state index in [4.69, 9.17) is 24.2 Å². The number of fused-ring (bicyclic) bond motifs is 2. The summed E-state index contributed by atoms with van der Waals surface area (Å²) < 4.78 is 20.8. The van der Waals surface area contributed by atoms with Crippen molar-refractivity contribution < 1.29 is 34.1 Å². The minimum absolute atomic E-state index is 0.114. The Morgan fingerprint density at radius 3 is 2.49 bits per heavy atom. The Hall–Kier alpha value is -4.21. The van der Waals surface area contributed by atoms with Crippen LogP contribution in [0.4, 0.5) is 0 Å². The molecule has 0 unspecified atom stereocenters. The van der Waals surface area contributed by atoms with Crippen molar-refractivity contribution in [3.8, 4) is 17.6 Å². The molecular weight excluding hydrogens is 721 g/mol. The lowest BCUT2D eigenvalue weighted by atomic mass is 9.55. The molecule has 2 aliphatic heterocycles. The first-order valence-electron chi connectivity index (χ1n) is 21.0. The molecular formula is C46H62N4O7. The molecule has 2 aliphatic carbocycles. The highest BCUT2D eigenvalue weighted by Gasteiger charge is 2.65. The van der Waals surface area contributed by atoms with Gasteiger partial charge in [-0.1, -0.05) is 37.1 Å². The fraction of sp³-hybridized carbons (Fsp3) is 0.587. The zero-order valence-electron chi connectivity index (χ0n) is 34.3. The summed E-state index contributed by atoms with van der Waals surface area (Å²) >= 11 is 0. The zero-order valence-corrected chi connectivity index (χ0v) is 34.3. The minimum atomic E-state index is -1.34. The number of unbranched alkanes of at least 4 members (excludes halogenated alkanes) is 2. The maximum atomic E-state index is 14.8. The van der Waals surface area contributed by atoms with Gasteiger partial charge in [0.05, 0.1) is 29.9 Å². The lowest BCUT2D eigenvalue weighted by molar-refractivity contribution is -0.254. The van der Waals surface area contributed by atoms with E-state index in [1.165, 1.54) is 0 Å². The highest BCUT2D eigenvalue weighted by molar-refractivity contribution is 6.03. The quantitative estimate of drug-likeness (QED) is 0.0617. The summed E-state index contributed by atoms with van der Waals surface area (Å²) in [7, 11) is 0. The van der Waals surface area contributed by atoms with Gasteiger partial charge in [-0.05, 0) is 113 Å². The van der Waals surface area contributed by atoms with Gasteiger partial charge >= 0.3 is 0 Å². The molecule has 57 heavy (non-hydrogen) atoms. The standard InChI is InChI=1S/C46H62N4O7/c1-6-20-50(44(53)33-16-14-32(31-47)15-17-33)41-30-39(48-57-45(3,4)5)37-28-34(12-8-10-24-51)36(13-9-11-25-52)42-38-29-35(54-27-23-49-21-22-49)18-19-40(38)56-46(41,43(37)42)55-26-7-2/h7,14-19,28-29,34,36,41-43,51-52H,2,6,8-13,20-27,30H2,1,3-5H3/t34-,36+,41-,42+,43+,46+/m0/s1. The molecule has 2 N–H and O–H groups in total. The van der Waals surface area contributed by atoms with Crippen LogP contribution in [-0.4, -0.2) is 102 Å². The van der Waals surface area contributed by atoms with Crippen molar-refractivity contribution in [2.24, 2.45) is 22.9 Å². The van der Waals surface area contributed by atoms with Gasteiger partial charge in [-0.25, -0.2) is 0 Å². The van der Waals surface area contributed by atoms with Gasteiger partial charge in [-0.3, -0.25) is 9.69 Å². The van der Waals surface area contributed by atoms with Gasteiger partial charge in [0.25, 0.3) is 5.91 Å². The van der Waals surface area contributed by atoms with Gasteiger partial charge in [0.2, 0.25) is 5.79 Å². The second-order valence-electron chi connectivity index (χ2n) is 16.9. The highest BCUT2D eigenvalue weighted by Crippen LogP contribution is 2.62. The summed E-state index contributed by atoms with van der Waals surface area (Å²) in [4.78, 5) is 25.3. The minimum Gasteiger partial charge on any atom is -0.492 e. The van der Waals surface area contributed by atoms with Gasteiger partial charge in [0.1, 0.15) is 29.7 Å². The van der Waals surface area contributed by atoms with Crippen LogP contribution in [0.1, 0.15) is 106 Å². The smallest absolute Gasteiger partial charge is 0.254 e. The van der Waals surface area contributed by atoms with Crippen LogP contribution in [0.3, 0.4) is 0 Å². The third kappa shape index (κ3) is 9.74. The van der Waals surface area contributed by atoms with Crippen LogP contribution in [0.2, 0.25) is 0 Å². The van der Waals surface area contributed by atoms with Crippen LogP contribution in [0.5, 0.6) is 11.5 Å². The summed E-state index contributed by atoms with van der Waals surface area (Å²) in [6, 6.07) is 14.4. The number of aliphatic hydroxyl groups excluding tert-OH is 2. The molecule has 11 nitrogen and oxygen atoms in total. The van der Waals surface area contributed by atoms with E-state index in [2.05, 4.69) is 36.6 Å². The van der Waals surface area contributed by atoms with Crippen molar-refractivity contribution in [1.82, 2.24) is 9.80 Å². The number of ether oxygens (including phenoxy) is 3. The number of oxime groups is 1. The lowest BCUT2D eigenvalue weighted by Gasteiger charge is -2.60. The molecule has 1 saturated heterocycles. The molecule has 11 heteroatoms. The first-order valence-corrected chi connectivity index (χ1v) is 21.0. The first-order chi connectivity index (χ1) is 27.6. The molecule has 2 heterocycles. The topological polar surface area (TPSA) is 137 Å². The number of aliphatic hydroxyl groups is 2. The largest absolute Gasteiger partial charge is 0.492 e. The van der Waals surface area contributed by atoms with Crippen LogP contribution in [0.25, 0.3) is 0 Å². The van der Waals surface area contributed by atoms with E-state index in [1.54, 1.807) is 30.3 Å². The maximum Gasteiger partial charge on any atom is 0.254 e. The molecule has 1 amide bonds. The van der Waals surface area contributed by atoms with E-state index >= 15 is 0 Å². The predicted molar refractivity (Wildman–Crippen MR) is 220 cm³/mol. The van der Waals surface area contributed by atoms with Gasteiger partial charge in [-0.15, -0.1) is 6.58 Å². The van der Waals surface area contributed by atoms with Crippen LogP contribution in [-0.2, 0) is 9.57 Å². The lowest BCUT2D eigenvalue weighted by Crippen LogP contribution is -2.70. The molecule has 2 aromatic rings. The molecule has 2 aromatic carbocycles. The molecule has 2 fully saturated rings. The molecule has 0 aromatic heterocycles. The second kappa shape index (κ2) is 19.0. The first kappa shape index (κ1) is 42.4. The van der Waals surface area contributed by atoms with Crippen molar-refractivity contribution >= 4 is 11.6 Å². The second-order valence-corrected chi connectivity index (χ2v) is 16.9. The molecule has 1 saturated carbocycles. The van der Waals surface area contributed by atoms with Crippen molar-refractivity contribution in [2.45, 2.75) is 102 Å². The number of rotatable bonds is 20. The average molecular weight is 783 g/mol. The fourth-order valence-electron chi connectivity index (χ4n) is 9.01. The number of allylic oxidation sites excluding steroid dienone is 1. The SMILES string of the molecule is C=CCO[C@@]12Oc3ccc(OCCN4CC4)cc3[C@H]3[C@H](CCCCO)[C@@H](CCCCO)C=C(C(=NOC(C)(C)C)C[C@@H]1N(CCC)C(=O)c1ccc(C#N)cc1)[C@H]32. The van der Waals surface area contributed by atoms with Crippen molar-refractivity contribution in [1.29, 1.82) is 5.26 Å². The van der Waals surface area contributed by atoms with Gasteiger partial charge in [0, 0.05) is 62.9 Å². The van der Waals surface area contributed by atoms with Crippen LogP contribution in [0, 0.1) is 29.1 Å². The van der Waals surface area contributed by atoms with E-state index in [-0.39, 0.29) is 43.5 Å². The van der Waals surface area contributed by atoms with Crippen molar-refractivity contribution in [2.75, 3.05) is 52.6 Å². The van der Waals surface area contributed by atoms with E-state index in [1.807, 2.05) is 37.8 Å². The highest BCUT2D eigenvalue weighted by atomic mass is 16.7. The summed E-state index contributed by atoms with van der Waals surface area (Å²) in [6.07, 6.45) is 9.90. The van der Waals surface area contributed by atoms with Gasteiger partial charge in [0.15, 0.2) is 0 Å². The number of carbonyl (C=O) groups is 1. The molecule has 6 rings (SSSR count). The van der Waals surface area contributed by atoms with Crippen molar-refractivity contribution in [3.63, 3.8) is 0 Å². The molecule has 0 bridgehead atoms. The number of benzene rings is 2.